The number of nitrogens with zero attached hydrogens (tertiary/aromatic N) is 3. The van der Waals surface area contributed by atoms with Gasteiger partial charge in [0.25, 0.3) is 5.91 Å². The molecule has 2 aliphatic heterocycles. The average molecular weight is 342 g/mol. The van der Waals surface area contributed by atoms with Crippen LogP contribution in [0.15, 0.2) is 29.4 Å². The Morgan fingerprint density at radius 1 is 1.29 bits per heavy atom. The van der Waals surface area contributed by atoms with Crippen molar-refractivity contribution in [1.29, 1.82) is 0 Å². The molecule has 6 nitrogen and oxygen atoms in total. The van der Waals surface area contributed by atoms with Gasteiger partial charge in [-0.1, -0.05) is 12.1 Å². The molecule has 0 radical (unpaired) electrons. The number of aromatic nitrogens is 1. The van der Waals surface area contributed by atoms with Crippen molar-refractivity contribution < 1.29 is 9.59 Å². The lowest BCUT2D eigenvalue weighted by molar-refractivity contribution is -0.125. The van der Waals surface area contributed by atoms with Gasteiger partial charge in [-0.2, -0.15) is 5.10 Å². The molecule has 1 atom stereocenters. The van der Waals surface area contributed by atoms with Gasteiger partial charge < -0.3 is 4.90 Å². The summed E-state index contributed by atoms with van der Waals surface area (Å²) >= 11 is 1.72. The molecule has 1 fully saturated rings. The Labute approximate surface area is 143 Å². The smallest absolute Gasteiger partial charge is 0.270 e. The molecule has 24 heavy (non-hydrogen) atoms. The first-order valence-electron chi connectivity index (χ1n) is 8.21. The minimum absolute atomic E-state index is 0.0548. The molecule has 0 bridgehead atoms. The number of hydrogen-bond donors (Lipinski definition) is 1. The van der Waals surface area contributed by atoms with Gasteiger partial charge in [0, 0.05) is 31.8 Å². The number of nitrogens with one attached hydrogen (secondary N) is 1. The number of piperidine rings is 1. The Morgan fingerprint density at radius 3 is 2.96 bits per heavy atom. The van der Waals surface area contributed by atoms with Crippen LogP contribution in [0.1, 0.15) is 36.6 Å². The molecule has 2 aliphatic rings. The van der Waals surface area contributed by atoms with Crippen molar-refractivity contribution in [3.8, 4) is 0 Å². The SMILES string of the molecule is O=C1CCC(C(=O)N2CCC[C@H](c3nc4ccccc4s3)C2)=NN1. The van der Waals surface area contributed by atoms with Crippen molar-refractivity contribution in [1.82, 2.24) is 15.3 Å². The van der Waals surface area contributed by atoms with E-state index in [1.54, 1.807) is 11.3 Å². The maximum Gasteiger partial charge on any atom is 0.270 e. The summed E-state index contributed by atoms with van der Waals surface area (Å²) in [6.45, 7) is 1.42. The van der Waals surface area contributed by atoms with Crippen LogP contribution in [-0.4, -0.2) is 40.5 Å². The number of rotatable bonds is 2. The van der Waals surface area contributed by atoms with Crippen molar-refractivity contribution in [2.45, 2.75) is 31.6 Å². The molecule has 1 aromatic carbocycles. The van der Waals surface area contributed by atoms with Gasteiger partial charge in [0.1, 0.15) is 5.71 Å². The standard InChI is InChI=1S/C17H18N4O2S/c22-15-8-7-13(19-20-15)17(23)21-9-3-4-11(10-21)16-18-12-5-1-2-6-14(12)24-16/h1-2,5-6,11H,3-4,7-10H2,(H,20,22)/t11-/m0/s1. The molecule has 0 unspecified atom stereocenters. The number of hydrogen-bond acceptors (Lipinski definition) is 5. The fraction of sp³-hybridized carbons (Fsp3) is 0.412. The predicted octanol–water partition coefficient (Wildman–Crippen LogP) is 2.27. The number of para-hydroxylation sites is 1. The van der Waals surface area contributed by atoms with E-state index in [1.165, 1.54) is 4.70 Å². The van der Waals surface area contributed by atoms with Crippen LogP contribution in [-0.2, 0) is 9.59 Å². The van der Waals surface area contributed by atoms with Crippen LogP contribution in [0.3, 0.4) is 0 Å². The van der Waals surface area contributed by atoms with E-state index < -0.39 is 0 Å². The van der Waals surface area contributed by atoms with E-state index in [-0.39, 0.29) is 17.7 Å². The van der Waals surface area contributed by atoms with Crippen LogP contribution in [0.25, 0.3) is 10.2 Å². The third-order valence-electron chi connectivity index (χ3n) is 4.52. The van der Waals surface area contributed by atoms with Gasteiger partial charge >= 0.3 is 0 Å². The summed E-state index contributed by atoms with van der Waals surface area (Å²) in [5.41, 5.74) is 3.89. The van der Waals surface area contributed by atoms with Crippen LogP contribution >= 0.6 is 11.3 Å². The van der Waals surface area contributed by atoms with Crippen molar-refractivity contribution in [2.24, 2.45) is 5.10 Å². The zero-order valence-electron chi connectivity index (χ0n) is 13.2. The highest BCUT2D eigenvalue weighted by Gasteiger charge is 2.30. The summed E-state index contributed by atoms with van der Waals surface area (Å²) in [5, 5.41) is 5.04. The quantitative estimate of drug-likeness (QED) is 0.910. The Hall–Kier alpha value is -2.28. The highest BCUT2D eigenvalue weighted by atomic mass is 32.1. The van der Waals surface area contributed by atoms with E-state index in [0.29, 0.717) is 25.1 Å². The Morgan fingerprint density at radius 2 is 2.17 bits per heavy atom. The van der Waals surface area contributed by atoms with Crippen molar-refractivity contribution in [3.63, 3.8) is 0 Å². The van der Waals surface area contributed by atoms with E-state index >= 15 is 0 Å². The van der Waals surface area contributed by atoms with Gasteiger partial charge in [0.2, 0.25) is 5.91 Å². The second kappa shape index (κ2) is 6.32. The number of likely N-dealkylation sites (tertiary alicyclic amines) is 1. The minimum atomic E-state index is -0.127. The molecule has 2 aromatic rings. The summed E-state index contributed by atoms with van der Waals surface area (Å²) in [5.74, 6) is 0.0947. The molecule has 0 aliphatic carbocycles. The van der Waals surface area contributed by atoms with E-state index in [9.17, 15) is 9.59 Å². The molecule has 7 heteroatoms. The van der Waals surface area contributed by atoms with Crippen LogP contribution in [0.5, 0.6) is 0 Å². The molecular weight excluding hydrogens is 324 g/mol. The van der Waals surface area contributed by atoms with Crippen molar-refractivity contribution in [3.05, 3.63) is 29.3 Å². The van der Waals surface area contributed by atoms with Gasteiger partial charge in [0.15, 0.2) is 0 Å². The molecule has 1 aromatic heterocycles. The summed E-state index contributed by atoms with van der Waals surface area (Å²) < 4.78 is 1.19. The van der Waals surface area contributed by atoms with E-state index in [2.05, 4.69) is 16.6 Å². The molecule has 1 N–H and O–H groups in total. The lowest BCUT2D eigenvalue weighted by atomic mass is 9.98. The second-order valence-electron chi connectivity index (χ2n) is 6.20. The number of carbonyl (C=O) groups excluding carboxylic acids is 2. The molecule has 2 amide bonds. The number of thiazole rings is 1. The first kappa shape index (κ1) is 15.3. The Kier molecular flexibility index (Phi) is 4.02. The predicted molar refractivity (Wildman–Crippen MR) is 93.0 cm³/mol. The number of hydrazone groups is 1. The normalized spacial score (nSPS) is 21.5. The summed E-state index contributed by atoms with van der Waals surface area (Å²) in [6.07, 6.45) is 2.77. The Balaban J connectivity index is 1.51. The largest absolute Gasteiger partial charge is 0.337 e. The van der Waals surface area contributed by atoms with Gasteiger partial charge in [-0.05, 0) is 25.0 Å². The fourth-order valence-electron chi connectivity index (χ4n) is 3.24. The molecule has 1 saturated heterocycles. The third-order valence-corrected chi connectivity index (χ3v) is 5.72. The topological polar surface area (TPSA) is 74.7 Å². The first-order chi connectivity index (χ1) is 11.7. The molecule has 0 saturated carbocycles. The van der Waals surface area contributed by atoms with Crippen LogP contribution < -0.4 is 5.43 Å². The molecule has 3 heterocycles. The number of amides is 2. The van der Waals surface area contributed by atoms with Crippen LogP contribution in [0, 0.1) is 0 Å². The maximum atomic E-state index is 12.6. The molecular formula is C17H18N4O2S. The van der Waals surface area contributed by atoms with Crippen molar-refractivity contribution in [2.75, 3.05) is 13.1 Å². The van der Waals surface area contributed by atoms with E-state index in [0.717, 1.165) is 29.9 Å². The fourth-order valence-corrected chi connectivity index (χ4v) is 4.33. The lowest BCUT2D eigenvalue weighted by Gasteiger charge is -2.32. The average Bonchev–Trinajstić information content (AvgIpc) is 3.06. The highest BCUT2D eigenvalue weighted by Crippen LogP contribution is 2.33. The summed E-state index contributed by atoms with van der Waals surface area (Å²) in [6, 6.07) is 8.14. The van der Waals surface area contributed by atoms with E-state index in [4.69, 9.17) is 4.98 Å². The third kappa shape index (κ3) is 2.91. The van der Waals surface area contributed by atoms with Crippen LogP contribution in [0.4, 0.5) is 0 Å². The van der Waals surface area contributed by atoms with Gasteiger partial charge in [-0.25, -0.2) is 10.4 Å². The zero-order valence-corrected chi connectivity index (χ0v) is 14.0. The second-order valence-corrected chi connectivity index (χ2v) is 7.27. The highest BCUT2D eigenvalue weighted by molar-refractivity contribution is 7.18. The summed E-state index contributed by atoms with van der Waals surface area (Å²) in [7, 11) is 0. The first-order valence-corrected chi connectivity index (χ1v) is 9.02. The lowest BCUT2D eigenvalue weighted by Crippen LogP contribution is -2.44. The number of carbonyl (C=O) groups is 2. The summed E-state index contributed by atoms with van der Waals surface area (Å²) in [4.78, 5) is 30.4. The van der Waals surface area contributed by atoms with Crippen LogP contribution in [0.2, 0.25) is 0 Å². The monoisotopic (exact) mass is 342 g/mol. The molecule has 124 valence electrons. The molecule has 0 spiro atoms. The minimum Gasteiger partial charge on any atom is -0.337 e. The number of fused-ring (bicyclic) bond motifs is 1. The maximum absolute atomic E-state index is 12.6. The van der Waals surface area contributed by atoms with Gasteiger partial charge in [-0.3, -0.25) is 9.59 Å². The number of benzene rings is 1. The van der Waals surface area contributed by atoms with Gasteiger partial charge in [0.05, 0.1) is 15.2 Å². The van der Waals surface area contributed by atoms with Crippen molar-refractivity contribution >= 4 is 39.1 Å². The van der Waals surface area contributed by atoms with E-state index in [1.807, 2.05) is 23.1 Å². The zero-order chi connectivity index (χ0) is 16.5. The Bertz CT molecular complexity index is 796. The van der Waals surface area contributed by atoms with Gasteiger partial charge in [-0.15, -0.1) is 11.3 Å². The molecule has 4 rings (SSSR count).